The molecule has 166 valence electrons. The van der Waals surface area contributed by atoms with Crippen LogP contribution >= 0.6 is 0 Å². The minimum atomic E-state index is -3.79. The number of sulfonamides is 1. The second kappa shape index (κ2) is 11.2. The van der Waals surface area contributed by atoms with Crippen LogP contribution in [0.5, 0.6) is 0 Å². The summed E-state index contributed by atoms with van der Waals surface area (Å²) in [6.45, 7) is 4.62. The Morgan fingerprint density at radius 3 is 2.43 bits per heavy atom. The lowest BCUT2D eigenvalue weighted by molar-refractivity contribution is -0.198. The number of ether oxygens (including phenoxy) is 1. The highest BCUT2D eigenvalue weighted by Crippen LogP contribution is 2.21. The molecule has 10 heteroatoms. The van der Waals surface area contributed by atoms with Crippen molar-refractivity contribution in [1.82, 2.24) is 15.1 Å². The van der Waals surface area contributed by atoms with Crippen LogP contribution in [0.15, 0.2) is 40.8 Å². The van der Waals surface area contributed by atoms with Gasteiger partial charge in [-0.15, -0.1) is 0 Å². The van der Waals surface area contributed by atoms with Gasteiger partial charge < -0.3 is 10.1 Å². The SMILES string of the molecule is CC.CNC(=O)c1ccc(S(=O)(=O)N2CC=C(C(=O)NOC3CCCCO3)C2)cc1. The number of hydroxylamine groups is 1. The van der Waals surface area contributed by atoms with Crippen molar-refractivity contribution < 1.29 is 27.6 Å². The Morgan fingerprint density at radius 1 is 1.13 bits per heavy atom. The quantitative estimate of drug-likeness (QED) is 0.651. The number of benzene rings is 1. The van der Waals surface area contributed by atoms with E-state index in [9.17, 15) is 18.0 Å². The van der Waals surface area contributed by atoms with Crippen molar-refractivity contribution in [3.8, 4) is 0 Å². The summed E-state index contributed by atoms with van der Waals surface area (Å²) in [6.07, 6.45) is 3.71. The van der Waals surface area contributed by atoms with Crippen molar-refractivity contribution in [2.45, 2.75) is 44.3 Å². The highest BCUT2D eigenvalue weighted by Gasteiger charge is 2.31. The van der Waals surface area contributed by atoms with Crippen LogP contribution in [0, 0.1) is 0 Å². The first kappa shape index (κ1) is 24.0. The third-order valence-electron chi connectivity index (χ3n) is 4.58. The van der Waals surface area contributed by atoms with Crippen molar-refractivity contribution in [2.24, 2.45) is 0 Å². The van der Waals surface area contributed by atoms with Gasteiger partial charge in [0.2, 0.25) is 10.0 Å². The molecule has 2 amide bonds. The molecule has 2 N–H and O–H groups in total. The van der Waals surface area contributed by atoms with E-state index in [1.165, 1.54) is 35.6 Å². The molecule has 0 saturated carbocycles. The van der Waals surface area contributed by atoms with Gasteiger partial charge in [-0.1, -0.05) is 19.9 Å². The van der Waals surface area contributed by atoms with Crippen molar-refractivity contribution in [3.05, 3.63) is 41.5 Å². The molecule has 0 aliphatic carbocycles. The Morgan fingerprint density at radius 2 is 1.83 bits per heavy atom. The van der Waals surface area contributed by atoms with Crippen LogP contribution in [0.1, 0.15) is 43.5 Å². The molecule has 1 aromatic carbocycles. The molecule has 0 spiro atoms. The van der Waals surface area contributed by atoms with Crippen LogP contribution in [0.25, 0.3) is 0 Å². The maximum atomic E-state index is 12.8. The summed E-state index contributed by atoms with van der Waals surface area (Å²) in [5.41, 5.74) is 3.01. The lowest BCUT2D eigenvalue weighted by Gasteiger charge is -2.22. The van der Waals surface area contributed by atoms with Gasteiger partial charge in [0.15, 0.2) is 6.29 Å². The number of nitrogens with one attached hydrogen (secondary N) is 2. The van der Waals surface area contributed by atoms with E-state index in [2.05, 4.69) is 10.8 Å². The normalized spacial score (nSPS) is 19.3. The lowest BCUT2D eigenvalue weighted by atomic mass is 10.2. The third-order valence-corrected chi connectivity index (χ3v) is 6.41. The lowest BCUT2D eigenvalue weighted by Crippen LogP contribution is -2.36. The van der Waals surface area contributed by atoms with Crippen LogP contribution in [-0.2, 0) is 24.4 Å². The maximum absolute atomic E-state index is 12.8. The Bertz CT molecular complexity index is 861. The second-order valence-corrected chi connectivity index (χ2v) is 8.41. The summed E-state index contributed by atoms with van der Waals surface area (Å²) in [5.74, 6) is -0.783. The zero-order chi connectivity index (χ0) is 22.1. The molecule has 9 nitrogen and oxygen atoms in total. The highest BCUT2D eigenvalue weighted by atomic mass is 32.2. The fraction of sp³-hybridized carbons (Fsp3) is 0.500. The summed E-state index contributed by atoms with van der Waals surface area (Å²) in [4.78, 5) is 29.1. The Hall–Kier alpha value is -2.27. The third kappa shape index (κ3) is 5.88. The molecule has 0 aromatic heterocycles. The maximum Gasteiger partial charge on any atom is 0.271 e. The molecule has 3 rings (SSSR count). The summed E-state index contributed by atoms with van der Waals surface area (Å²) in [5, 5.41) is 2.48. The number of hydrogen-bond donors (Lipinski definition) is 2. The molecule has 2 aliphatic heterocycles. The molecule has 2 aliphatic rings. The van der Waals surface area contributed by atoms with E-state index in [1.54, 1.807) is 6.08 Å². The number of nitrogens with zero attached hydrogens (tertiary/aromatic N) is 1. The zero-order valence-electron chi connectivity index (χ0n) is 17.5. The van der Waals surface area contributed by atoms with Gasteiger partial charge in [0.25, 0.3) is 11.8 Å². The van der Waals surface area contributed by atoms with Crippen LogP contribution in [-0.4, -0.2) is 57.6 Å². The van der Waals surface area contributed by atoms with Gasteiger partial charge in [-0.3, -0.25) is 9.59 Å². The fourth-order valence-corrected chi connectivity index (χ4v) is 4.30. The molecule has 1 aromatic rings. The van der Waals surface area contributed by atoms with Crippen LogP contribution in [0.3, 0.4) is 0 Å². The van der Waals surface area contributed by atoms with Gasteiger partial charge >= 0.3 is 0 Å². The van der Waals surface area contributed by atoms with Gasteiger partial charge in [-0.05, 0) is 37.1 Å². The first-order chi connectivity index (χ1) is 14.4. The second-order valence-electron chi connectivity index (χ2n) is 6.48. The average molecular weight is 440 g/mol. The Kier molecular flexibility index (Phi) is 8.97. The first-order valence-electron chi connectivity index (χ1n) is 10.0. The van der Waals surface area contributed by atoms with Gasteiger partial charge in [0.05, 0.1) is 4.90 Å². The zero-order valence-corrected chi connectivity index (χ0v) is 18.3. The molecule has 1 saturated heterocycles. The Labute approximate surface area is 177 Å². The van der Waals surface area contributed by atoms with Crippen molar-refractivity contribution in [2.75, 3.05) is 26.7 Å². The summed E-state index contributed by atoms with van der Waals surface area (Å²) < 4.78 is 32.1. The van der Waals surface area contributed by atoms with Crippen molar-refractivity contribution in [1.29, 1.82) is 0 Å². The van der Waals surface area contributed by atoms with E-state index in [0.29, 0.717) is 24.2 Å². The topological polar surface area (TPSA) is 114 Å². The fourth-order valence-electron chi connectivity index (χ4n) is 2.94. The molecule has 2 heterocycles. The molecule has 0 radical (unpaired) electrons. The average Bonchev–Trinajstić information content (AvgIpc) is 3.30. The molecular weight excluding hydrogens is 410 g/mol. The summed E-state index contributed by atoms with van der Waals surface area (Å²) in [7, 11) is -2.29. The molecule has 1 unspecified atom stereocenters. The molecule has 30 heavy (non-hydrogen) atoms. The van der Waals surface area contributed by atoms with E-state index < -0.39 is 22.2 Å². The van der Waals surface area contributed by atoms with Crippen LogP contribution in [0.2, 0.25) is 0 Å². The number of carbonyl (C=O) groups excluding carboxylic acids is 2. The number of rotatable bonds is 6. The first-order valence-corrected chi connectivity index (χ1v) is 11.4. The number of hydrogen-bond acceptors (Lipinski definition) is 6. The summed E-state index contributed by atoms with van der Waals surface area (Å²) in [6, 6.07) is 5.64. The summed E-state index contributed by atoms with van der Waals surface area (Å²) >= 11 is 0. The number of carbonyl (C=O) groups is 2. The molecule has 1 fully saturated rings. The smallest absolute Gasteiger partial charge is 0.271 e. The standard InChI is InChI=1S/C18H23N3O6S.C2H6/c1-19-17(22)13-5-7-15(8-6-13)28(24,25)21-10-9-14(12-21)18(23)20-27-16-4-2-3-11-26-16;1-2/h5-9,16H,2-4,10-12H2,1H3,(H,19,22)(H,20,23);1-2H3. The molecule has 1 atom stereocenters. The predicted molar refractivity (Wildman–Crippen MR) is 111 cm³/mol. The van der Waals surface area contributed by atoms with Crippen molar-refractivity contribution in [3.63, 3.8) is 0 Å². The van der Waals surface area contributed by atoms with E-state index in [4.69, 9.17) is 9.57 Å². The van der Waals surface area contributed by atoms with Gasteiger partial charge in [0, 0.05) is 44.3 Å². The minimum absolute atomic E-state index is 0.0553. The Balaban J connectivity index is 0.00000155. The highest BCUT2D eigenvalue weighted by molar-refractivity contribution is 7.89. The van der Waals surface area contributed by atoms with E-state index in [-0.39, 0.29) is 23.9 Å². The largest absolute Gasteiger partial charge is 0.355 e. The predicted octanol–water partition coefficient (Wildman–Crippen LogP) is 1.58. The van der Waals surface area contributed by atoms with Gasteiger partial charge in [-0.25, -0.2) is 18.7 Å². The molecular formula is C20H29N3O6S. The van der Waals surface area contributed by atoms with E-state index in [0.717, 1.165) is 12.8 Å². The van der Waals surface area contributed by atoms with E-state index in [1.807, 2.05) is 13.8 Å². The van der Waals surface area contributed by atoms with E-state index >= 15 is 0 Å². The van der Waals surface area contributed by atoms with Crippen LogP contribution < -0.4 is 10.8 Å². The van der Waals surface area contributed by atoms with Crippen LogP contribution in [0.4, 0.5) is 0 Å². The number of amides is 2. The van der Waals surface area contributed by atoms with Crippen molar-refractivity contribution >= 4 is 21.8 Å². The minimum Gasteiger partial charge on any atom is -0.355 e. The molecule has 0 bridgehead atoms. The monoisotopic (exact) mass is 439 g/mol. The van der Waals surface area contributed by atoms with Gasteiger partial charge in [0.1, 0.15) is 0 Å². The van der Waals surface area contributed by atoms with Gasteiger partial charge in [-0.2, -0.15) is 4.31 Å².